The third-order valence-corrected chi connectivity index (χ3v) is 2.49. The van der Waals surface area contributed by atoms with Crippen molar-refractivity contribution in [2.75, 3.05) is 26.2 Å². The molecular weight excluding hydrogens is 186 g/mol. The quantitative estimate of drug-likeness (QED) is 0.709. The van der Waals surface area contributed by atoms with Gasteiger partial charge in [0.25, 0.3) is 0 Å². The van der Waals surface area contributed by atoms with Gasteiger partial charge in [-0.15, -0.1) is 0 Å². The lowest BCUT2D eigenvalue weighted by molar-refractivity contribution is 0.223. The predicted octanol–water partition coefficient (Wildman–Crippen LogP) is 2.59. The summed E-state index contributed by atoms with van der Waals surface area (Å²) in [5.41, 5.74) is 1.02. The first-order chi connectivity index (χ1) is 7.26. The Hall–Kier alpha value is -1.02. The largest absolute Gasteiger partial charge is 0.492 e. The zero-order chi connectivity index (χ0) is 11.1. The Bertz CT molecular complexity index is 264. The molecule has 1 aromatic rings. The summed E-state index contributed by atoms with van der Waals surface area (Å²) >= 11 is 0. The van der Waals surface area contributed by atoms with Gasteiger partial charge in [0.2, 0.25) is 0 Å². The SMILES string of the molecule is [CH2]c1ccc(OCCN(CC)CC)cc1. The topological polar surface area (TPSA) is 12.5 Å². The fourth-order valence-electron chi connectivity index (χ4n) is 1.42. The fraction of sp³-hybridized carbons (Fsp3) is 0.462. The summed E-state index contributed by atoms with van der Waals surface area (Å²) in [4.78, 5) is 2.34. The summed E-state index contributed by atoms with van der Waals surface area (Å²) in [5, 5.41) is 0. The van der Waals surface area contributed by atoms with Crippen molar-refractivity contribution in [3.8, 4) is 5.75 Å². The number of nitrogens with zero attached hydrogens (tertiary/aromatic N) is 1. The van der Waals surface area contributed by atoms with Crippen LogP contribution < -0.4 is 4.74 Å². The zero-order valence-corrected chi connectivity index (χ0v) is 9.70. The van der Waals surface area contributed by atoms with Crippen LogP contribution in [0.25, 0.3) is 0 Å². The van der Waals surface area contributed by atoms with Gasteiger partial charge in [0, 0.05) is 6.54 Å². The first-order valence-corrected chi connectivity index (χ1v) is 5.53. The highest BCUT2D eigenvalue weighted by Crippen LogP contribution is 2.10. The monoisotopic (exact) mass is 206 g/mol. The molecule has 1 rings (SSSR count). The van der Waals surface area contributed by atoms with Crippen molar-refractivity contribution in [3.63, 3.8) is 0 Å². The molecule has 83 valence electrons. The smallest absolute Gasteiger partial charge is 0.119 e. The summed E-state index contributed by atoms with van der Waals surface area (Å²) in [5.74, 6) is 0.926. The van der Waals surface area contributed by atoms with E-state index in [4.69, 9.17) is 4.74 Å². The van der Waals surface area contributed by atoms with Crippen LogP contribution in [0, 0.1) is 6.92 Å². The average Bonchev–Trinajstić information content (AvgIpc) is 2.27. The van der Waals surface area contributed by atoms with Gasteiger partial charge in [-0.25, -0.2) is 0 Å². The molecule has 0 amide bonds. The van der Waals surface area contributed by atoms with Crippen LogP contribution in [0.1, 0.15) is 19.4 Å². The van der Waals surface area contributed by atoms with Crippen LogP contribution in [0.3, 0.4) is 0 Å². The van der Waals surface area contributed by atoms with Crippen LogP contribution >= 0.6 is 0 Å². The minimum atomic E-state index is 0.748. The molecule has 0 aromatic heterocycles. The van der Waals surface area contributed by atoms with Crippen molar-refractivity contribution >= 4 is 0 Å². The Balaban J connectivity index is 2.28. The molecule has 0 atom stereocenters. The van der Waals surface area contributed by atoms with E-state index in [0.29, 0.717) is 0 Å². The highest BCUT2D eigenvalue weighted by molar-refractivity contribution is 5.28. The Labute approximate surface area is 92.9 Å². The van der Waals surface area contributed by atoms with Crippen LogP contribution in [0.4, 0.5) is 0 Å². The fourth-order valence-corrected chi connectivity index (χ4v) is 1.42. The first kappa shape index (κ1) is 12.1. The van der Waals surface area contributed by atoms with Crippen LogP contribution in [-0.4, -0.2) is 31.1 Å². The van der Waals surface area contributed by atoms with Gasteiger partial charge >= 0.3 is 0 Å². The van der Waals surface area contributed by atoms with Gasteiger partial charge < -0.3 is 9.64 Å². The Morgan fingerprint density at radius 1 is 1.13 bits per heavy atom. The second kappa shape index (κ2) is 6.46. The third kappa shape index (κ3) is 4.34. The van der Waals surface area contributed by atoms with E-state index in [2.05, 4.69) is 25.7 Å². The van der Waals surface area contributed by atoms with Crippen molar-refractivity contribution in [3.05, 3.63) is 36.8 Å². The van der Waals surface area contributed by atoms with Gasteiger partial charge in [0.1, 0.15) is 12.4 Å². The van der Waals surface area contributed by atoms with Crippen molar-refractivity contribution in [2.45, 2.75) is 13.8 Å². The molecule has 0 unspecified atom stereocenters. The molecule has 0 fully saturated rings. The van der Waals surface area contributed by atoms with Crippen LogP contribution in [0.5, 0.6) is 5.75 Å². The van der Waals surface area contributed by atoms with Gasteiger partial charge in [0.05, 0.1) is 0 Å². The maximum atomic E-state index is 5.63. The van der Waals surface area contributed by atoms with Crippen molar-refractivity contribution in [1.29, 1.82) is 0 Å². The number of hydrogen-bond acceptors (Lipinski definition) is 2. The van der Waals surface area contributed by atoms with Crippen molar-refractivity contribution < 1.29 is 4.74 Å². The minimum absolute atomic E-state index is 0.748. The molecule has 15 heavy (non-hydrogen) atoms. The normalized spacial score (nSPS) is 10.7. The summed E-state index contributed by atoms with van der Waals surface area (Å²) in [7, 11) is 0. The van der Waals surface area contributed by atoms with Gasteiger partial charge in [-0.05, 0) is 37.7 Å². The van der Waals surface area contributed by atoms with Gasteiger partial charge in [-0.1, -0.05) is 26.0 Å². The number of rotatable bonds is 6. The van der Waals surface area contributed by atoms with E-state index in [9.17, 15) is 0 Å². The maximum Gasteiger partial charge on any atom is 0.119 e. The minimum Gasteiger partial charge on any atom is -0.492 e. The number of hydrogen-bond donors (Lipinski definition) is 0. The van der Waals surface area contributed by atoms with E-state index in [1.165, 1.54) is 0 Å². The Morgan fingerprint density at radius 3 is 2.27 bits per heavy atom. The van der Waals surface area contributed by atoms with Crippen LogP contribution in [-0.2, 0) is 0 Å². The second-order valence-corrected chi connectivity index (χ2v) is 3.52. The molecule has 0 N–H and O–H groups in total. The molecule has 0 bridgehead atoms. The van der Waals surface area contributed by atoms with E-state index in [-0.39, 0.29) is 0 Å². The van der Waals surface area contributed by atoms with Gasteiger partial charge in [0.15, 0.2) is 0 Å². The molecular formula is C13H20NO. The molecule has 0 heterocycles. The number of likely N-dealkylation sites (N-methyl/N-ethyl adjacent to an activating group) is 1. The molecule has 2 nitrogen and oxygen atoms in total. The molecule has 2 heteroatoms. The lowest BCUT2D eigenvalue weighted by Crippen LogP contribution is -2.27. The van der Waals surface area contributed by atoms with Crippen molar-refractivity contribution in [1.82, 2.24) is 4.90 Å². The average molecular weight is 206 g/mol. The van der Waals surface area contributed by atoms with Gasteiger partial charge in [-0.3, -0.25) is 0 Å². The van der Waals surface area contributed by atoms with Crippen LogP contribution in [0.2, 0.25) is 0 Å². The molecule has 0 aliphatic carbocycles. The standard InChI is InChI=1S/C13H20NO/c1-4-14(5-2)10-11-15-13-8-6-12(3)7-9-13/h6-9H,3-5,10-11H2,1-2H3. The molecule has 1 radical (unpaired) electrons. The van der Waals surface area contributed by atoms with E-state index in [1.54, 1.807) is 0 Å². The van der Waals surface area contributed by atoms with Crippen molar-refractivity contribution in [2.24, 2.45) is 0 Å². The number of ether oxygens (including phenoxy) is 1. The van der Waals surface area contributed by atoms with E-state index in [1.807, 2.05) is 24.3 Å². The Morgan fingerprint density at radius 2 is 1.73 bits per heavy atom. The van der Waals surface area contributed by atoms with Gasteiger partial charge in [-0.2, -0.15) is 0 Å². The summed E-state index contributed by atoms with van der Waals surface area (Å²) in [6, 6.07) is 7.86. The lowest BCUT2D eigenvalue weighted by Gasteiger charge is -2.17. The molecule has 0 spiro atoms. The summed E-state index contributed by atoms with van der Waals surface area (Å²) in [6.07, 6.45) is 0. The first-order valence-electron chi connectivity index (χ1n) is 5.53. The molecule has 0 saturated carbocycles. The molecule has 1 aromatic carbocycles. The summed E-state index contributed by atoms with van der Waals surface area (Å²) < 4.78 is 5.63. The predicted molar refractivity (Wildman–Crippen MR) is 64.2 cm³/mol. The molecule has 0 aliphatic rings. The summed E-state index contributed by atoms with van der Waals surface area (Å²) in [6.45, 7) is 12.1. The molecule has 0 saturated heterocycles. The maximum absolute atomic E-state index is 5.63. The van der Waals surface area contributed by atoms with E-state index in [0.717, 1.165) is 37.6 Å². The third-order valence-electron chi connectivity index (χ3n) is 2.49. The second-order valence-electron chi connectivity index (χ2n) is 3.52. The highest BCUT2D eigenvalue weighted by atomic mass is 16.5. The van der Waals surface area contributed by atoms with E-state index >= 15 is 0 Å². The Kier molecular flexibility index (Phi) is 5.19. The zero-order valence-electron chi connectivity index (χ0n) is 9.70. The van der Waals surface area contributed by atoms with Crippen LogP contribution in [0.15, 0.2) is 24.3 Å². The van der Waals surface area contributed by atoms with E-state index < -0.39 is 0 Å². The molecule has 0 aliphatic heterocycles. The highest BCUT2D eigenvalue weighted by Gasteiger charge is 1.98. The lowest BCUT2D eigenvalue weighted by atomic mass is 10.2. The number of benzene rings is 1.